The van der Waals surface area contributed by atoms with Gasteiger partial charge in [0.15, 0.2) is 0 Å². The lowest BCUT2D eigenvalue weighted by molar-refractivity contribution is 0.0650. The predicted octanol–water partition coefficient (Wildman–Crippen LogP) is 1.47. The average molecular weight is 317 g/mol. The van der Waals surface area contributed by atoms with Gasteiger partial charge >= 0.3 is 6.03 Å². The molecular formula is C16H23N5O2. The Labute approximate surface area is 135 Å². The van der Waals surface area contributed by atoms with E-state index in [4.69, 9.17) is 0 Å². The molecular weight excluding hydrogens is 294 g/mol. The number of carbonyl (C=O) groups excluding carboxylic acids is 1. The first-order valence-electron chi connectivity index (χ1n) is 7.50. The molecule has 1 unspecified atom stereocenters. The van der Waals surface area contributed by atoms with Crippen molar-refractivity contribution in [3.05, 3.63) is 42.5 Å². The van der Waals surface area contributed by atoms with E-state index in [1.807, 2.05) is 45.0 Å². The highest BCUT2D eigenvalue weighted by molar-refractivity contribution is 5.73. The van der Waals surface area contributed by atoms with Gasteiger partial charge in [0.25, 0.3) is 0 Å². The van der Waals surface area contributed by atoms with Crippen LogP contribution in [0.2, 0.25) is 0 Å². The Kier molecular flexibility index (Phi) is 5.33. The number of rotatable bonds is 5. The fraction of sp³-hybridized carbons (Fsp3) is 0.438. The van der Waals surface area contributed by atoms with E-state index in [2.05, 4.69) is 20.7 Å². The Morgan fingerprint density at radius 2 is 1.96 bits per heavy atom. The first kappa shape index (κ1) is 17.0. The number of aliphatic hydroxyl groups excluding tert-OH is 1. The molecule has 7 heteroatoms. The molecule has 0 aliphatic heterocycles. The third-order valence-corrected chi connectivity index (χ3v) is 3.53. The Balaban J connectivity index is 1.78. The van der Waals surface area contributed by atoms with E-state index >= 15 is 0 Å². The van der Waals surface area contributed by atoms with Gasteiger partial charge in [0.2, 0.25) is 0 Å². The van der Waals surface area contributed by atoms with Gasteiger partial charge in [-0.2, -0.15) is 5.10 Å². The van der Waals surface area contributed by atoms with E-state index in [-0.39, 0.29) is 18.0 Å². The topological polar surface area (TPSA) is 92.1 Å². The second-order valence-electron chi connectivity index (χ2n) is 6.45. The van der Waals surface area contributed by atoms with E-state index in [1.165, 1.54) is 6.33 Å². The molecule has 0 bridgehead atoms. The summed E-state index contributed by atoms with van der Waals surface area (Å²) >= 11 is 0. The summed E-state index contributed by atoms with van der Waals surface area (Å²) in [5.41, 5.74) is 1.62. The fourth-order valence-electron chi connectivity index (χ4n) is 1.85. The number of nitrogens with one attached hydrogen (secondary N) is 2. The molecule has 0 aliphatic carbocycles. The Bertz CT molecular complexity index is 617. The van der Waals surface area contributed by atoms with Gasteiger partial charge in [0.05, 0.1) is 11.8 Å². The first-order valence-corrected chi connectivity index (χ1v) is 7.50. The molecule has 7 nitrogen and oxygen atoms in total. The largest absolute Gasteiger partial charge is 0.391 e. The average Bonchev–Trinajstić information content (AvgIpc) is 3.04. The van der Waals surface area contributed by atoms with E-state index in [9.17, 15) is 9.90 Å². The normalized spacial score (nSPS) is 12.7. The van der Waals surface area contributed by atoms with Gasteiger partial charge in [-0.15, -0.1) is 0 Å². The van der Waals surface area contributed by atoms with Gasteiger partial charge in [-0.25, -0.2) is 14.5 Å². The molecule has 0 aliphatic rings. The molecule has 0 saturated heterocycles. The minimum Gasteiger partial charge on any atom is -0.391 e. The van der Waals surface area contributed by atoms with Crippen LogP contribution in [0.15, 0.2) is 36.9 Å². The van der Waals surface area contributed by atoms with Crippen molar-refractivity contribution in [1.29, 1.82) is 0 Å². The van der Waals surface area contributed by atoms with Crippen molar-refractivity contribution in [3.8, 4) is 5.69 Å². The zero-order chi connectivity index (χ0) is 16.9. The number of amides is 2. The van der Waals surface area contributed by atoms with Crippen LogP contribution in [0.1, 0.15) is 26.3 Å². The molecule has 1 atom stereocenters. The SMILES string of the molecule is CC(C)(C)C(O)CNC(=O)NCc1ccc(-n2cncn2)cc1. The summed E-state index contributed by atoms with van der Waals surface area (Å²) in [5.74, 6) is 0. The third kappa shape index (κ3) is 5.07. The quantitative estimate of drug-likeness (QED) is 0.779. The highest BCUT2D eigenvalue weighted by Crippen LogP contribution is 2.18. The van der Waals surface area contributed by atoms with Crippen LogP contribution in [0.25, 0.3) is 5.69 Å². The molecule has 1 aromatic heterocycles. The minimum absolute atomic E-state index is 0.223. The molecule has 2 amide bonds. The van der Waals surface area contributed by atoms with E-state index in [1.54, 1.807) is 11.0 Å². The van der Waals surface area contributed by atoms with Crippen molar-refractivity contribution in [2.75, 3.05) is 6.54 Å². The Hall–Kier alpha value is -2.41. The Morgan fingerprint density at radius 3 is 2.52 bits per heavy atom. The summed E-state index contributed by atoms with van der Waals surface area (Å²) in [6.07, 6.45) is 2.52. The molecule has 0 radical (unpaired) electrons. The second-order valence-corrected chi connectivity index (χ2v) is 6.45. The van der Waals surface area contributed by atoms with Crippen molar-refractivity contribution < 1.29 is 9.90 Å². The number of aromatic nitrogens is 3. The molecule has 23 heavy (non-hydrogen) atoms. The lowest BCUT2D eigenvalue weighted by Crippen LogP contribution is -2.43. The van der Waals surface area contributed by atoms with Crippen LogP contribution < -0.4 is 10.6 Å². The lowest BCUT2D eigenvalue weighted by Gasteiger charge is -2.25. The van der Waals surface area contributed by atoms with Gasteiger partial charge in [-0.05, 0) is 23.1 Å². The second kappa shape index (κ2) is 7.23. The van der Waals surface area contributed by atoms with Gasteiger partial charge in [0.1, 0.15) is 12.7 Å². The monoisotopic (exact) mass is 317 g/mol. The van der Waals surface area contributed by atoms with Crippen LogP contribution in [0.5, 0.6) is 0 Å². The first-order chi connectivity index (χ1) is 10.9. The lowest BCUT2D eigenvalue weighted by atomic mass is 9.89. The van der Waals surface area contributed by atoms with E-state index < -0.39 is 6.10 Å². The molecule has 2 aromatic rings. The van der Waals surface area contributed by atoms with Gasteiger partial charge in [-0.1, -0.05) is 32.9 Å². The number of aliphatic hydroxyl groups is 1. The highest BCUT2D eigenvalue weighted by Gasteiger charge is 2.22. The number of hydrogen-bond donors (Lipinski definition) is 3. The van der Waals surface area contributed by atoms with Crippen molar-refractivity contribution in [1.82, 2.24) is 25.4 Å². The summed E-state index contributed by atoms with van der Waals surface area (Å²) in [6.45, 7) is 6.41. The molecule has 124 valence electrons. The van der Waals surface area contributed by atoms with Gasteiger partial charge < -0.3 is 15.7 Å². The molecule has 2 rings (SSSR count). The fourth-order valence-corrected chi connectivity index (χ4v) is 1.85. The number of urea groups is 1. The van der Waals surface area contributed by atoms with Crippen molar-refractivity contribution in [2.45, 2.75) is 33.4 Å². The Morgan fingerprint density at radius 1 is 1.26 bits per heavy atom. The summed E-state index contributed by atoms with van der Waals surface area (Å²) < 4.78 is 1.66. The van der Waals surface area contributed by atoms with Crippen LogP contribution in [-0.2, 0) is 6.54 Å². The van der Waals surface area contributed by atoms with Crippen molar-refractivity contribution in [3.63, 3.8) is 0 Å². The minimum atomic E-state index is -0.588. The van der Waals surface area contributed by atoms with Gasteiger partial charge in [0, 0.05) is 13.1 Å². The van der Waals surface area contributed by atoms with Crippen molar-refractivity contribution >= 4 is 6.03 Å². The zero-order valence-electron chi connectivity index (χ0n) is 13.7. The van der Waals surface area contributed by atoms with Crippen LogP contribution in [-0.4, -0.2) is 38.6 Å². The molecule has 0 saturated carbocycles. The summed E-state index contributed by atoms with van der Waals surface area (Å²) in [7, 11) is 0. The summed E-state index contributed by atoms with van der Waals surface area (Å²) in [5, 5.41) is 19.4. The zero-order valence-corrected chi connectivity index (χ0v) is 13.7. The van der Waals surface area contributed by atoms with Crippen LogP contribution in [0.3, 0.4) is 0 Å². The van der Waals surface area contributed by atoms with E-state index in [0.29, 0.717) is 6.54 Å². The van der Waals surface area contributed by atoms with Crippen LogP contribution >= 0.6 is 0 Å². The van der Waals surface area contributed by atoms with Gasteiger partial charge in [-0.3, -0.25) is 0 Å². The number of hydrogen-bond acceptors (Lipinski definition) is 4. The number of nitrogens with zero attached hydrogens (tertiary/aromatic N) is 3. The third-order valence-electron chi connectivity index (χ3n) is 3.53. The molecule has 3 N–H and O–H groups in total. The van der Waals surface area contributed by atoms with Crippen molar-refractivity contribution in [2.24, 2.45) is 5.41 Å². The molecule has 0 spiro atoms. The highest BCUT2D eigenvalue weighted by atomic mass is 16.3. The molecule has 1 heterocycles. The number of carbonyl (C=O) groups is 1. The standard InChI is InChI=1S/C16H23N5O2/c1-16(2,3)14(22)9-19-15(23)18-8-12-4-6-13(7-5-12)21-11-17-10-20-21/h4-7,10-11,14,22H,8-9H2,1-3H3,(H2,18,19,23). The van der Waals surface area contributed by atoms with Crippen LogP contribution in [0.4, 0.5) is 4.79 Å². The maximum absolute atomic E-state index is 11.7. The molecule has 0 fully saturated rings. The predicted molar refractivity (Wildman–Crippen MR) is 87.1 cm³/mol. The maximum atomic E-state index is 11.7. The summed E-state index contributed by atoms with van der Waals surface area (Å²) in [4.78, 5) is 15.6. The molecule has 1 aromatic carbocycles. The summed E-state index contributed by atoms with van der Waals surface area (Å²) in [6, 6.07) is 7.36. The van der Waals surface area contributed by atoms with Crippen LogP contribution in [0, 0.1) is 5.41 Å². The smallest absolute Gasteiger partial charge is 0.315 e. The van der Waals surface area contributed by atoms with E-state index in [0.717, 1.165) is 11.3 Å². The maximum Gasteiger partial charge on any atom is 0.315 e. The number of benzene rings is 1.